The Morgan fingerprint density at radius 3 is 2.54 bits per heavy atom. The summed E-state index contributed by atoms with van der Waals surface area (Å²) in [5.41, 5.74) is 5.23. The van der Waals surface area contributed by atoms with E-state index in [1.807, 2.05) is 0 Å². The van der Waals surface area contributed by atoms with Gasteiger partial charge in [-0.05, 0) is 11.6 Å². The highest BCUT2D eigenvalue weighted by molar-refractivity contribution is 5.96. The van der Waals surface area contributed by atoms with E-state index in [-0.39, 0.29) is 24.3 Å². The second kappa shape index (κ2) is 5.21. The number of hydrogen-bond donors (Lipinski definition) is 1. The van der Waals surface area contributed by atoms with E-state index in [4.69, 9.17) is 5.73 Å². The first-order valence-electron chi connectivity index (χ1n) is 3.70. The van der Waals surface area contributed by atoms with Crippen molar-refractivity contribution < 1.29 is 9.72 Å². The van der Waals surface area contributed by atoms with Gasteiger partial charge in [-0.15, -0.1) is 0 Å². The summed E-state index contributed by atoms with van der Waals surface area (Å²) in [6.45, 7) is 6.54. The lowest BCUT2D eigenvalue weighted by molar-refractivity contribution is -0.508. The van der Waals surface area contributed by atoms with Gasteiger partial charge in [-0.3, -0.25) is 14.9 Å². The fourth-order valence-electron chi connectivity index (χ4n) is 0.755. The van der Waals surface area contributed by atoms with Gasteiger partial charge in [-0.1, -0.05) is 13.2 Å². The molecule has 5 nitrogen and oxygen atoms in total. The highest BCUT2D eigenvalue weighted by Gasteiger charge is 2.19. The summed E-state index contributed by atoms with van der Waals surface area (Å²) in [6, 6.07) is -0.956. The molecule has 0 aromatic heterocycles. The van der Waals surface area contributed by atoms with Crippen LogP contribution in [0.25, 0.3) is 0 Å². The lowest BCUT2D eigenvalue weighted by Gasteiger charge is -2.05. The van der Waals surface area contributed by atoms with Crippen molar-refractivity contribution in [1.82, 2.24) is 0 Å². The molecule has 5 heteroatoms. The first-order chi connectivity index (χ1) is 6.02. The van der Waals surface area contributed by atoms with Crippen molar-refractivity contribution in [1.29, 1.82) is 0 Å². The van der Waals surface area contributed by atoms with E-state index in [9.17, 15) is 14.9 Å². The summed E-state index contributed by atoms with van der Waals surface area (Å²) < 4.78 is 0. The third-order valence-corrected chi connectivity index (χ3v) is 1.58. The zero-order valence-corrected chi connectivity index (χ0v) is 7.23. The summed E-state index contributed by atoms with van der Waals surface area (Å²) >= 11 is 0. The molecule has 0 fully saturated rings. The van der Waals surface area contributed by atoms with Gasteiger partial charge < -0.3 is 5.73 Å². The minimum absolute atomic E-state index is 0.0213. The molecule has 0 saturated carbocycles. The van der Waals surface area contributed by atoms with Gasteiger partial charge >= 0.3 is 0 Å². The standard InChI is InChI=1S/C8H12N2O3/c1-3-7(10(12)13)4-6(2)8(11)5-9/h3,7H,1-2,4-5,9H2. The van der Waals surface area contributed by atoms with Gasteiger partial charge in [0.15, 0.2) is 5.78 Å². The Kier molecular flexibility index (Phi) is 4.61. The Hall–Kier alpha value is -1.49. The smallest absolute Gasteiger partial charge is 0.235 e. The van der Waals surface area contributed by atoms with Gasteiger partial charge in [0.1, 0.15) is 0 Å². The fraction of sp³-hybridized carbons (Fsp3) is 0.375. The van der Waals surface area contributed by atoms with Gasteiger partial charge in [-0.25, -0.2) is 0 Å². The average Bonchev–Trinajstić information content (AvgIpc) is 2.11. The predicted molar refractivity (Wildman–Crippen MR) is 48.8 cm³/mol. The van der Waals surface area contributed by atoms with E-state index in [0.717, 1.165) is 0 Å². The quantitative estimate of drug-likeness (QED) is 0.278. The number of carbonyl (C=O) groups excluding carboxylic acids is 1. The molecule has 1 unspecified atom stereocenters. The second-order valence-corrected chi connectivity index (χ2v) is 2.52. The van der Waals surface area contributed by atoms with Crippen LogP contribution < -0.4 is 5.73 Å². The first-order valence-corrected chi connectivity index (χ1v) is 3.70. The van der Waals surface area contributed by atoms with E-state index in [1.54, 1.807) is 0 Å². The van der Waals surface area contributed by atoms with Crippen molar-refractivity contribution in [2.24, 2.45) is 5.73 Å². The Labute approximate surface area is 76.1 Å². The molecule has 1 atom stereocenters. The zero-order chi connectivity index (χ0) is 10.4. The number of nitrogens with two attached hydrogens (primary N) is 1. The largest absolute Gasteiger partial charge is 0.324 e. The zero-order valence-electron chi connectivity index (χ0n) is 7.23. The van der Waals surface area contributed by atoms with Crippen molar-refractivity contribution >= 4 is 5.78 Å². The number of hydrogen-bond acceptors (Lipinski definition) is 4. The molecule has 0 aliphatic heterocycles. The molecular formula is C8H12N2O3. The molecule has 0 aliphatic rings. The highest BCUT2D eigenvalue weighted by Crippen LogP contribution is 2.07. The Morgan fingerprint density at radius 2 is 2.23 bits per heavy atom. The molecule has 0 spiro atoms. The summed E-state index contributed by atoms with van der Waals surface area (Å²) in [7, 11) is 0. The van der Waals surface area contributed by atoms with Gasteiger partial charge in [0.25, 0.3) is 0 Å². The molecule has 0 aromatic rings. The number of carbonyl (C=O) groups is 1. The van der Waals surface area contributed by atoms with Crippen LogP contribution in [0.3, 0.4) is 0 Å². The number of Topliss-reactive ketones (excluding diaryl/α,β-unsaturated/α-hetero) is 1. The van der Waals surface area contributed by atoms with Crippen molar-refractivity contribution in [2.75, 3.05) is 6.54 Å². The highest BCUT2D eigenvalue weighted by atomic mass is 16.6. The Balaban J connectivity index is 4.25. The third-order valence-electron chi connectivity index (χ3n) is 1.58. The third kappa shape index (κ3) is 3.62. The van der Waals surface area contributed by atoms with Gasteiger partial charge in [0, 0.05) is 11.3 Å². The molecule has 0 bridgehead atoms. The van der Waals surface area contributed by atoms with Crippen LogP contribution in [0.2, 0.25) is 0 Å². The van der Waals surface area contributed by atoms with E-state index in [2.05, 4.69) is 13.2 Å². The van der Waals surface area contributed by atoms with Crippen molar-refractivity contribution in [3.63, 3.8) is 0 Å². The van der Waals surface area contributed by atoms with Crippen molar-refractivity contribution in [3.05, 3.63) is 34.9 Å². The summed E-state index contributed by atoms with van der Waals surface area (Å²) in [5, 5.41) is 10.3. The summed E-state index contributed by atoms with van der Waals surface area (Å²) in [6.07, 6.45) is 1.15. The summed E-state index contributed by atoms with van der Waals surface area (Å²) in [5.74, 6) is -0.353. The topological polar surface area (TPSA) is 86.2 Å². The van der Waals surface area contributed by atoms with Crippen LogP contribution in [0, 0.1) is 10.1 Å². The number of rotatable bonds is 6. The van der Waals surface area contributed by atoms with Gasteiger partial charge in [0.2, 0.25) is 6.04 Å². The average molecular weight is 184 g/mol. The van der Waals surface area contributed by atoms with Crippen LogP contribution in [-0.2, 0) is 4.79 Å². The lowest BCUT2D eigenvalue weighted by atomic mass is 10.0. The molecule has 0 aliphatic carbocycles. The molecule has 2 N–H and O–H groups in total. The molecule has 72 valence electrons. The molecule has 0 amide bonds. The van der Waals surface area contributed by atoms with Crippen LogP contribution >= 0.6 is 0 Å². The van der Waals surface area contributed by atoms with Gasteiger partial charge in [-0.2, -0.15) is 0 Å². The van der Waals surface area contributed by atoms with E-state index in [1.165, 1.54) is 6.08 Å². The molecule has 0 heterocycles. The first kappa shape index (κ1) is 11.5. The minimum atomic E-state index is -0.956. The predicted octanol–water partition coefficient (Wildman–Crippen LogP) is 0.292. The fourth-order valence-corrected chi connectivity index (χ4v) is 0.755. The second-order valence-electron chi connectivity index (χ2n) is 2.52. The molecule has 0 aromatic carbocycles. The summed E-state index contributed by atoms with van der Waals surface area (Å²) in [4.78, 5) is 20.7. The molecule has 0 radical (unpaired) electrons. The Morgan fingerprint density at radius 1 is 1.69 bits per heavy atom. The molecule has 13 heavy (non-hydrogen) atoms. The maximum absolute atomic E-state index is 10.9. The van der Waals surface area contributed by atoms with E-state index < -0.39 is 11.0 Å². The van der Waals surface area contributed by atoms with Gasteiger partial charge in [0.05, 0.1) is 6.54 Å². The monoisotopic (exact) mass is 184 g/mol. The molecule has 0 rings (SSSR count). The van der Waals surface area contributed by atoms with Crippen LogP contribution in [0.4, 0.5) is 0 Å². The van der Waals surface area contributed by atoms with Crippen LogP contribution in [0.1, 0.15) is 6.42 Å². The normalized spacial score (nSPS) is 11.8. The molecular weight excluding hydrogens is 172 g/mol. The van der Waals surface area contributed by atoms with Crippen molar-refractivity contribution in [2.45, 2.75) is 12.5 Å². The Bertz CT molecular complexity index is 248. The van der Waals surface area contributed by atoms with Crippen molar-refractivity contribution in [3.8, 4) is 0 Å². The van der Waals surface area contributed by atoms with Crippen LogP contribution in [0.5, 0.6) is 0 Å². The maximum Gasteiger partial charge on any atom is 0.235 e. The molecule has 0 saturated heterocycles. The minimum Gasteiger partial charge on any atom is -0.324 e. The number of nitrogens with zero attached hydrogens (tertiary/aromatic N) is 1. The van der Waals surface area contributed by atoms with E-state index in [0.29, 0.717) is 0 Å². The van der Waals surface area contributed by atoms with Crippen LogP contribution in [0.15, 0.2) is 24.8 Å². The SMILES string of the molecule is C=CC(CC(=C)C(=O)CN)[N+](=O)[O-]. The number of ketones is 1. The van der Waals surface area contributed by atoms with E-state index >= 15 is 0 Å². The lowest BCUT2D eigenvalue weighted by Crippen LogP contribution is -2.22. The number of nitro groups is 1. The maximum atomic E-state index is 10.9. The van der Waals surface area contributed by atoms with Crippen LogP contribution in [-0.4, -0.2) is 23.3 Å².